The van der Waals surface area contributed by atoms with Gasteiger partial charge in [-0.25, -0.2) is 0 Å². The zero-order valence-corrected chi connectivity index (χ0v) is 27.4. The van der Waals surface area contributed by atoms with Crippen LogP contribution in [0.5, 0.6) is 17.2 Å². The molecule has 1 aliphatic carbocycles. The minimum atomic E-state index is 0.0979. The summed E-state index contributed by atoms with van der Waals surface area (Å²) in [4.78, 5) is 4.62. The third kappa shape index (κ3) is 6.72. The Morgan fingerprint density at radius 2 is 1.50 bits per heavy atom. The third-order valence-corrected chi connectivity index (χ3v) is 10.1. The van der Waals surface area contributed by atoms with Gasteiger partial charge in [0, 0.05) is 35.8 Å². The highest BCUT2D eigenvalue weighted by molar-refractivity contribution is 5.75. The largest absolute Gasteiger partial charge is 0.507 e. The summed E-state index contributed by atoms with van der Waals surface area (Å²) in [7, 11) is 4.29. The van der Waals surface area contributed by atoms with Crippen molar-refractivity contribution in [2.75, 3.05) is 43.6 Å². The van der Waals surface area contributed by atoms with Crippen LogP contribution in [0.3, 0.4) is 0 Å². The van der Waals surface area contributed by atoms with E-state index in [1.54, 1.807) is 18.2 Å². The van der Waals surface area contributed by atoms with Crippen LogP contribution in [0.2, 0.25) is 0 Å². The fraction of sp³-hybridized carbons (Fsp3) is 0.444. The molecular formula is C36H46N8O2. The van der Waals surface area contributed by atoms with Crippen molar-refractivity contribution >= 4 is 17.3 Å². The predicted molar refractivity (Wildman–Crippen MR) is 184 cm³/mol. The lowest BCUT2D eigenvalue weighted by atomic mass is 9.79. The number of hydrogen-bond donors (Lipinski definition) is 3. The molecule has 3 heterocycles. The van der Waals surface area contributed by atoms with Crippen LogP contribution >= 0.6 is 0 Å². The highest BCUT2D eigenvalue weighted by Crippen LogP contribution is 2.41. The van der Waals surface area contributed by atoms with Gasteiger partial charge in [0.2, 0.25) is 0 Å². The second-order valence-corrected chi connectivity index (χ2v) is 13.3. The Labute approximate surface area is 271 Å². The Kier molecular flexibility index (Phi) is 9.26. The Bertz CT molecular complexity index is 1660. The van der Waals surface area contributed by atoms with Crippen molar-refractivity contribution in [2.45, 2.75) is 64.3 Å². The quantitative estimate of drug-likeness (QED) is 0.194. The number of anilines is 3. The van der Waals surface area contributed by atoms with E-state index in [2.05, 4.69) is 58.1 Å². The average molecular weight is 623 g/mol. The normalized spacial score (nSPS) is 19.7. The fourth-order valence-corrected chi connectivity index (χ4v) is 6.94. The maximum atomic E-state index is 10.9. The van der Waals surface area contributed by atoms with E-state index in [9.17, 15) is 5.11 Å². The van der Waals surface area contributed by atoms with Gasteiger partial charge in [0.05, 0.1) is 17.1 Å². The smallest absolute Gasteiger partial charge is 0.169 e. The molecule has 242 valence electrons. The average Bonchev–Trinajstić information content (AvgIpc) is 3.07. The van der Waals surface area contributed by atoms with Crippen LogP contribution in [0.1, 0.15) is 63.9 Å². The molecule has 0 unspecified atom stereocenters. The van der Waals surface area contributed by atoms with E-state index in [-0.39, 0.29) is 5.75 Å². The van der Waals surface area contributed by atoms with E-state index in [0.717, 1.165) is 61.5 Å². The summed E-state index contributed by atoms with van der Waals surface area (Å²) in [5.74, 6) is 3.87. The molecule has 10 heteroatoms. The summed E-state index contributed by atoms with van der Waals surface area (Å²) < 4.78 is 6.44. The Morgan fingerprint density at radius 3 is 2.22 bits per heavy atom. The molecular weight excluding hydrogens is 576 g/mol. The molecule has 0 spiro atoms. The first-order chi connectivity index (χ1) is 22.2. The van der Waals surface area contributed by atoms with Crippen molar-refractivity contribution in [1.82, 2.24) is 25.3 Å². The van der Waals surface area contributed by atoms with Gasteiger partial charge in [-0.2, -0.15) is 0 Å². The molecule has 1 aliphatic heterocycles. The lowest BCUT2D eigenvalue weighted by Crippen LogP contribution is -2.41. The summed E-state index contributed by atoms with van der Waals surface area (Å²) in [6.45, 7) is 6.43. The van der Waals surface area contributed by atoms with Gasteiger partial charge in [0.1, 0.15) is 23.1 Å². The number of nitrogens with two attached hydrogens (primary N) is 2. The molecule has 5 N–H and O–H groups in total. The molecule has 10 nitrogen and oxygen atoms in total. The number of phenolic OH excluding ortho intramolecular Hbond substituents is 1. The van der Waals surface area contributed by atoms with Gasteiger partial charge >= 0.3 is 0 Å². The van der Waals surface area contributed by atoms with E-state index in [1.807, 2.05) is 36.4 Å². The van der Waals surface area contributed by atoms with Crippen molar-refractivity contribution < 1.29 is 9.84 Å². The first-order valence-corrected chi connectivity index (χ1v) is 16.5. The molecule has 2 aliphatic rings. The topological polar surface area (TPSA) is 140 Å². The van der Waals surface area contributed by atoms with Crippen LogP contribution in [-0.4, -0.2) is 63.6 Å². The molecule has 1 saturated carbocycles. The van der Waals surface area contributed by atoms with E-state index < -0.39 is 0 Å². The van der Waals surface area contributed by atoms with Gasteiger partial charge in [-0.1, -0.05) is 31.9 Å². The molecule has 2 aromatic carbocycles. The fourth-order valence-electron chi connectivity index (χ4n) is 6.94. The van der Waals surface area contributed by atoms with Crippen molar-refractivity contribution in [1.29, 1.82) is 0 Å². The number of piperidine rings is 1. The maximum Gasteiger partial charge on any atom is 0.169 e. The SMILES string of the molecule is C[C@@H](C1CCN(c2cc(-c3ccccc3Oc3ccc(O)c(-c4cc([C@H]5CC[C@H](C)CC5)c(N)nn4)c3)nnc2N)CC1)N(C)C. The molecule has 4 aromatic rings. The summed E-state index contributed by atoms with van der Waals surface area (Å²) in [5.41, 5.74) is 17.1. The van der Waals surface area contributed by atoms with Crippen LogP contribution in [0.25, 0.3) is 22.5 Å². The summed E-state index contributed by atoms with van der Waals surface area (Å²) in [5, 5.41) is 28.3. The number of para-hydroxylation sites is 1. The van der Waals surface area contributed by atoms with Crippen molar-refractivity contribution in [3.8, 4) is 39.8 Å². The van der Waals surface area contributed by atoms with Crippen molar-refractivity contribution in [3.63, 3.8) is 0 Å². The van der Waals surface area contributed by atoms with E-state index in [4.69, 9.17) is 16.2 Å². The molecule has 1 atom stereocenters. The second kappa shape index (κ2) is 13.5. The van der Waals surface area contributed by atoms with Gasteiger partial charge in [-0.15, -0.1) is 20.4 Å². The molecule has 46 heavy (non-hydrogen) atoms. The van der Waals surface area contributed by atoms with Gasteiger partial charge in [-0.05, 0) is 107 Å². The number of aromatic nitrogens is 4. The van der Waals surface area contributed by atoms with Crippen LogP contribution in [0.15, 0.2) is 54.6 Å². The highest BCUT2D eigenvalue weighted by atomic mass is 16.5. The van der Waals surface area contributed by atoms with Crippen LogP contribution in [-0.2, 0) is 0 Å². The van der Waals surface area contributed by atoms with Crippen LogP contribution in [0, 0.1) is 11.8 Å². The van der Waals surface area contributed by atoms with Gasteiger partial charge in [0.15, 0.2) is 5.82 Å². The zero-order chi connectivity index (χ0) is 32.4. The third-order valence-electron chi connectivity index (χ3n) is 10.1. The predicted octanol–water partition coefficient (Wildman–Crippen LogP) is 6.72. The van der Waals surface area contributed by atoms with E-state index >= 15 is 0 Å². The molecule has 0 radical (unpaired) electrons. The minimum absolute atomic E-state index is 0.0979. The summed E-state index contributed by atoms with van der Waals surface area (Å²) >= 11 is 0. The number of rotatable bonds is 8. The number of benzene rings is 2. The molecule has 2 aromatic heterocycles. The first-order valence-electron chi connectivity index (χ1n) is 16.5. The van der Waals surface area contributed by atoms with Gasteiger partial charge in [0.25, 0.3) is 0 Å². The summed E-state index contributed by atoms with van der Waals surface area (Å²) in [6, 6.07) is 17.4. The lowest BCUT2D eigenvalue weighted by Gasteiger charge is -2.38. The number of nitrogens with zero attached hydrogens (tertiary/aromatic N) is 6. The molecule has 6 rings (SSSR count). The Hall–Kier alpha value is -4.44. The molecule has 2 fully saturated rings. The van der Waals surface area contributed by atoms with E-state index in [1.165, 1.54) is 12.8 Å². The number of hydrogen-bond acceptors (Lipinski definition) is 10. The van der Waals surface area contributed by atoms with Crippen LogP contribution in [0.4, 0.5) is 17.3 Å². The zero-order valence-electron chi connectivity index (χ0n) is 27.4. The minimum Gasteiger partial charge on any atom is -0.507 e. The number of ether oxygens (including phenoxy) is 1. The lowest BCUT2D eigenvalue weighted by molar-refractivity contribution is 0.199. The Balaban J connectivity index is 1.24. The summed E-state index contributed by atoms with van der Waals surface area (Å²) in [6.07, 6.45) is 6.69. The second-order valence-electron chi connectivity index (χ2n) is 13.3. The monoisotopic (exact) mass is 622 g/mol. The number of aromatic hydroxyl groups is 1. The van der Waals surface area contributed by atoms with Crippen molar-refractivity contribution in [2.24, 2.45) is 11.8 Å². The van der Waals surface area contributed by atoms with Crippen molar-refractivity contribution in [3.05, 3.63) is 60.2 Å². The molecule has 0 bridgehead atoms. The van der Waals surface area contributed by atoms with E-state index in [0.29, 0.717) is 58.0 Å². The number of nitrogen functional groups attached to an aromatic ring is 2. The molecule has 0 amide bonds. The highest BCUT2D eigenvalue weighted by Gasteiger charge is 2.27. The molecule has 1 saturated heterocycles. The van der Waals surface area contributed by atoms with Crippen LogP contribution < -0.4 is 21.1 Å². The number of phenols is 1. The standard InChI is InChI=1S/C36H46N8O2/c1-22-9-11-25(12-10-22)28-20-30(39-41-35(28)37)29-19-26(13-14-33(29)45)46-34-8-6-5-7-27(34)31-21-32(36(38)42-40-31)44-17-15-24(16-18-44)23(2)43(3)4/h5-8,13-14,19-25,45H,9-12,15-18H2,1-4H3,(H2,37,41)(H2,38,42)/t22-,23-,25-/m0/s1. The first kappa shape index (κ1) is 31.5. The maximum absolute atomic E-state index is 10.9. The Morgan fingerprint density at radius 1 is 0.826 bits per heavy atom. The van der Waals surface area contributed by atoms with Gasteiger partial charge < -0.3 is 31.1 Å². The van der Waals surface area contributed by atoms with Gasteiger partial charge in [-0.3, -0.25) is 0 Å².